The third-order valence-electron chi connectivity index (χ3n) is 4.81. The Morgan fingerprint density at radius 1 is 1.24 bits per heavy atom. The first-order valence-electron chi connectivity index (χ1n) is 8.72. The number of aliphatic hydroxyl groups is 1. The van der Waals surface area contributed by atoms with E-state index in [1.54, 1.807) is 18.2 Å². The number of amides is 1. The van der Waals surface area contributed by atoms with Gasteiger partial charge in [-0.2, -0.15) is 0 Å². The Labute approximate surface area is 195 Å². The van der Waals surface area contributed by atoms with Crippen molar-refractivity contribution in [2.45, 2.75) is 26.0 Å². The van der Waals surface area contributed by atoms with E-state index in [-0.39, 0.29) is 36.0 Å². The standard InChI is InChI=1S/C21H21ClN2O4.Na.H/c1-12-16(10-18(23)25)19-15(20(26)21(27)28-2)7-4-8-17(19)24(12)11-13-5-3-6-14(22)9-13;;/h3-9,20,26H,10-11H2,1-2H3,(H2,23,25);;. The number of rotatable bonds is 6. The summed E-state index contributed by atoms with van der Waals surface area (Å²) in [6.45, 7) is 2.40. The van der Waals surface area contributed by atoms with E-state index >= 15 is 0 Å². The molecule has 1 amide bonds. The number of aliphatic hydroxyl groups excluding tert-OH is 1. The van der Waals surface area contributed by atoms with E-state index in [1.165, 1.54) is 7.11 Å². The number of methoxy groups -OCH3 is 1. The SMILES string of the molecule is COC(=O)C(O)c1cccc2c1c(CC(N)=O)c(C)n2Cc1cccc(Cl)c1.[NaH]. The minimum atomic E-state index is -1.46. The Morgan fingerprint density at radius 3 is 2.55 bits per heavy atom. The first-order chi connectivity index (χ1) is 13.3. The summed E-state index contributed by atoms with van der Waals surface area (Å²) >= 11 is 6.11. The third-order valence-corrected chi connectivity index (χ3v) is 5.04. The van der Waals surface area contributed by atoms with Gasteiger partial charge in [-0.3, -0.25) is 4.79 Å². The minimum absolute atomic E-state index is 0. The van der Waals surface area contributed by atoms with Gasteiger partial charge in [-0.05, 0) is 36.2 Å². The zero-order valence-electron chi connectivity index (χ0n) is 15.6. The average Bonchev–Trinajstić information content (AvgIpc) is 2.92. The van der Waals surface area contributed by atoms with Crippen molar-refractivity contribution in [1.29, 1.82) is 0 Å². The summed E-state index contributed by atoms with van der Waals surface area (Å²) in [5.74, 6) is -1.26. The van der Waals surface area contributed by atoms with Crippen LogP contribution in [-0.2, 0) is 27.3 Å². The Hall–Kier alpha value is -1.83. The second-order valence-corrected chi connectivity index (χ2v) is 7.03. The molecule has 0 aliphatic carbocycles. The van der Waals surface area contributed by atoms with Crippen LogP contribution < -0.4 is 5.73 Å². The number of nitrogens with two attached hydrogens (primary N) is 1. The van der Waals surface area contributed by atoms with Gasteiger partial charge in [0.25, 0.3) is 0 Å². The van der Waals surface area contributed by atoms with Crippen LogP contribution in [0.5, 0.6) is 0 Å². The molecule has 3 aromatic rings. The molecule has 1 atom stereocenters. The molecule has 1 heterocycles. The molecular formula is C21H22ClN2NaO4. The van der Waals surface area contributed by atoms with Crippen molar-refractivity contribution in [3.05, 3.63) is 69.9 Å². The molecular weight excluding hydrogens is 403 g/mol. The number of nitrogens with zero attached hydrogens (tertiary/aromatic N) is 1. The number of esters is 1. The van der Waals surface area contributed by atoms with E-state index in [0.29, 0.717) is 28.1 Å². The molecule has 0 saturated heterocycles. The predicted molar refractivity (Wildman–Crippen MR) is 114 cm³/mol. The number of benzene rings is 2. The van der Waals surface area contributed by atoms with Gasteiger partial charge >= 0.3 is 35.5 Å². The van der Waals surface area contributed by atoms with Gasteiger partial charge in [0.2, 0.25) is 5.91 Å². The molecule has 0 radical (unpaired) electrons. The molecule has 0 bridgehead atoms. The van der Waals surface area contributed by atoms with E-state index in [9.17, 15) is 14.7 Å². The van der Waals surface area contributed by atoms with Gasteiger partial charge in [-0.1, -0.05) is 35.9 Å². The number of primary amides is 1. The molecule has 29 heavy (non-hydrogen) atoms. The topological polar surface area (TPSA) is 94.6 Å². The molecule has 0 aliphatic rings. The van der Waals surface area contributed by atoms with Crippen molar-refractivity contribution in [3.63, 3.8) is 0 Å². The number of hydrogen-bond acceptors (Lipinski definition) is 4. The predicted octanol–water partition coefficient (Wildman–Crippen LogP) is 2.24. The van der Waals surface area contributed by atoms with Gasteiger partial charge in [-0.25, -0.2) is 4.79 Å². The summed E-state index contributed by atoms with van der Waals surface area (Å²) in [4.78, 5) is 23.6. The maximum absolute atomic E-state index is 11.9. The van der Waals surface area contributed by atoms with Gasteiger partial charge in [0, 0.05) is 33.7 Å². The van der Waals surface area contributed by atoms with Crippen LogP contribution in [0, 0.1) is 6.92 Å². The van der Waals surface area contributed by atoms with Crippen LogP contribution in [0.1, 0.15) is 28.5 Å². The number of aromatic nitrogens is 1. The number of carbonyl (C=O) groups is 2. The molecule has 0 spiro atoms. The first kappa shape index (κ1) is 23.4. The van der Waals surface area contributed by atoms with Gasteiger partial charge in [0.1, 0.15) is 0 Å². The second-order valence-electron chi connectivity index (χ2n) is 6.59. The fraction of sp³-hybridized carbons (Fsp3) is 0.238. The van der Waals surface area contributed by atoms with Gasteiger partial charge in [0.15, 0.2) is 6.10 Å². The summed E-state index contributed by atoms with van der Waals surface area (Å²) in [5.41, 5.74) is 9.13. The summed E-state index contributed by atoms with van der Waals surface area (Å²) in [6, 6.07) is 12.8. The van der Waals surface area contributed by atoms with Crippen LogP contribution in [0.3, 0.4) is 0 Å². The molecule has 6 nitrogen and oxygen atoms in total. The average molecular weight is 425 g/mol. The molecule has 0 fully saturated rings. The Bertz CT molecular complexity index is 1060. The molecule has 3 N–H and O–H groups in total. The van der Waals surface area contributed by atoms with E-state index in [0.717, 1.165) is 16.8 Å². The van der Waals surface area contributed by atoms with Crippen LogP contribution in [0.4, 0.5) is 0 Å². The van der Waals surface area contributed by atoms with Gasteiger partial charge in [-0.15, -0.1) is 0 Å². The number of ether oxygens (including phenoxy) is 1. The Morgan fingerprint density at radius 2 is 1.93 bits per heavy atom. The quantitative estimate of drug-likeness (QED) is 0.468. The molecule has 3 rings (SSSR count). The normalized spacial score (nSPS) is 11.7. The molecule has 8 heteroatoms. The van der Waals surface area contributed by atoms with Crippen LogP contribution in [0.15, 0.2) is 42.5 Å². The van der Waals surface area contributed by atoms with E-state index < -0.39 is 18.0 Å². The van der Waals surface area contributed by atoms with E-state index in [2.05, 4.69) is 4.74 Å². The van der Waals surface area contributed by atoms with Crippen molar-refractivity contribution in [3.8, 4) is 0 Å². The summed E-state index contributed by atoms with van der Waals surface area (Å²) in [6.07, 6.45) is -1.46. The number of fused-ring (bicyclic) bond motifs is 1. The van der Waals surface area contributed by atoms with Crippen LogP contribution >= 0.6 is 11.6 Å². The zero-order valence-corrected chi connectivity index (χ0v) is 16.4. The summed E-state index contributed by atoms with van der Waals surface area (Å²) < 4.78 is 6.70. The van der Waals surface area contributed by atoms with Crippen molar-refractivity contribution < 1.29 is 19.4 Å². The van der Waals surface area contributed by atoms with Gasteiger partial charge < -0.3 is 20.1 Å². The molecule has 1 unspecified atom stereocenters. The molecule has 0 saturated carbocycles. The molecule has 1 aromatic heterocycles. The van der Waals surface area contributed by atoms with Gasteiger partial charge in [0.05, 0.1) is 13.5 Å². The van der Waals surface area contributed by atoms with Crippen molar-refractivity contribution in [1.82, 2.24) is 4.57 Å². The Kier molecular flexibility index (Phi) is 7.91. The number of carbonyl (C=O) groups excluding carboxylic acids is 2. The van der Waals surface area contributed by atoms with Crippen molar-refractivity contribution >= 4 is 63.9 Å². The maximum atomic E-state index is 11.9. The number of hydrogen-bond donors (Lipinski definition) is 2. The third kappa shape index (κ3) is 4.85. The zero-order chi connectivity index (χ0) is 20.4. The molecule has 2 aromatic carbocycles. The van der Waals surface area contributed by atoms with Crippen LogP contribution in [0.25, 0.3) is 10.9 Å². The second kappa shape index (κ2) is 9.78. The summed E-state index contributed by atoms with van der Waals surface area (Å²) in [7, 11) is 1.21. The monoisotopic (exact) mass is 424 g/mol. The van der Waals surface area contributed by atoms with Crippen molar-refractivity contribution in [2.75, 3.05) is 7.11 Å². The fourth-order valence-electron chi connectivity index (χ4n) is 3.51. The fourth-order valence-corrected chi connectivity index (χ4v) is 3.73. The molecule has 0 aliphatic heterocycles. The molecule has 148 valence electrons. The first-order valence-corrected chi connectivity index (χ1v) is 9.10. The summed E-state index contributed by atoms with van der Waals surface area (Å²) in [5, 5.41) is 11.7. The number of halogens is 1. The van der Waals surface area contributed by atoms with E-state index in [4.69, 9.17) is 17.3 Å². The van der Waals surface area contributed by atoms with E-state index in [1.807, 2.05) is 35.8 Å². The van der Waals surface area contributed by atoms with Crippen molar-refractivity contribution in [2.24, 2.45) is 5.73 Å². The van der Waals surface area contributed by atoms with Crippen LogP contribution in [-0.4, -0.2) is 58.2 Å². The van der Waals surface area contributed by atoms with Crippen LogP contribution in [0.2, 0.25) is 5.02 Å². The Balaban J connectivity index is 0.00000300.